The van der Waals surface area contributed by atoms with E-state index in [1.807, 2.05) is 14.1 Å². The van der Waals surface area contributed by atoms with E-state index >= 15 is 0 Å². The van der Waals surface area contributed by atoms with Crippen LogP contribution in [0.25, 0.3) is 0 Å². The molecule has 0 radical (unpaired) electrons. The van der Waals surface area contributed by atoms with Crippen LogP contribution in [-0.2, 0) is 6.54 Å². The van der Waals surface area contributed by atoms with Crippen LogP contribution in [0.15, 0.2) is 36.7 Å². The molecular formula is C18H25N5O. The van der Waals surface area contributed by atoms with E-state index < -0.39 is 0 Å². The van der Waals surface area contributed by atoms with E-state index in [2.05, 4.69) is 56.7 Å². The summed E-state index contributed by atoms with van der Waals surface area (Å²) < 4.78 is 0. The Morgan fingerprint density at radius 3 is 2.62 bits per heavy atom. The highest BCUT2D eigenvalue weighted by Crippen LogP contribution is 2.08. The molecule has 2 rings (SSSR count). The smallest absolute Gasteiger partial charge is 0.270 e. The van der Waals surface area contributed by atoms with Gasteiger partial charge in [-0.3, -0.25) is 4.79 Å². The fourth-order valence-corrected chi connectivity index (χ4v) is 2.16. The molecule has 1 aromatic heterocycles. The molecule has 2 N–H and O–H groups in total. The van der Waals surface area contributed by atoms with E-state index in [0.29, 0.717) is 24.6 Å². The number of carbonyl (C=O) groups is 1. The lowest BCUT2D eigenvalue weighted by Crippen LogP contribution is -2.27. The van der Waals surface area contributed by atoms with Crippen molar-refractivity contribution in [2.24, 2.45) is 0 Å². The highest BCUT2D eigenvalue weighted by Gasteiger charge is 2.08. The molecule has 0 fully saturated rings. The summed E-state index contributed by atoms with van der Waals surface area (Å²) in [6, 6.07) is 9.96. The normalized spacial score (nSPS) is 10.7. The van der Waals surface area contributed by atoms with Crippen molar-refractivity contribution in [3.8, 4) is 0 Å². The third-order valence-corrected chi connectivity index (χ3v) is 3.56. The number of carbonyl (C=O) groups excluding carboxylic acids is 1. The Morgan fingerprint density at radius 2 is 1.92 bits per heavy atom. The van der Waals surface area contributed by atoms with Gasteiger partial charge < -0.3 is 15.5 Å². The van der Waals surface area contributed by atoms with E-state index in [4.69, 9.17) is 0 Å². The quantitative estimate of drug-likeness (QED) is 0.727. The highest BCUT2D eigenvalue weighted by atomic mass is 16.1. The number of aromatic nitrogens is 2. The van der Waals surface area contributed by atoms with Crippen molar-refractivity contribution >= 4 is 11.7 Å². The van der Waals surface area contributed by atoms with Gasteiger partial charge in [0.25, 0.3) is 5.91 Å². The van der Waals surface area contributed by atoms with Crippen molar-refractivity contribution in [1.29, 1.82) is 0 Å². The third kappa shape index (κ3) is 5.96. The maximum Gasteiger partial charge on any atom is 0.270 e. The van der Waals surface area contributed by atoms with Crippen LogP contribution in [-0.4, -0.2) is 48.0 Å². The van der Waals surface area contributed by atoms with Gasteiger partial charge in [0, 0.05) is 19.2 Å². The number of nitrogens with zero attached hydrogens (tertiary/aromatic N) is 3. The number of anilines is 1. The van der Waals surface area contributed by atoms with Crippen molar-refractivity contribution in [2.75, 3.05) is 32.5 Å². The summed E-state index contributed by atoms with van der Waals surface area (Å²) in [5.74, 6) is 0.471. The van der Waals surface area contributed by atoms with Crippen LogP contribution in [0.4, 0.5) is 5.82 Å². The molecule has 0 unspecified atom stereocenters. The van der Waals surface area contributed by atoms with Crippen LogP contribution in [0.3, 0.4) is 0 Å². The van der Waals surface area contributed by atoms with Gasteiger partial charge in [-0.2, -0.15) is 0 Å². The molecule has 0 atom stereocenters. The van der Waals surface area contributed by atoms with Gasteiger partial charge in [-0.15, -0.1) is 0 Å². The highest BCUT2D eigenvalue weighted by molar-refractivity contribution is 5.92. The molecule has 0 spiro atoms. The predicted molar refractivity (Wildman–Crippen MR) is 96.0 cm³/mol. The second-order valence-electron chi connectivity index (χ2n) is 6.04. The largest absolute Gasteiger partial charge is 0.366 e. The van der Waals surface area contributed by atoms with E-state index in [1.54, 1.807) is 6.07 Å². The summed E-state index contributed by atoms with van der Waals surface area (Å²) in [6.07, 6.45) is 2.31. The van der Waals surface area contributed by atoms with Gasteiger partial charge in [0.05, 0.1) is 0 Å². The number of rotatable bonds is 8. The molecule has 24 heavy (non-hydrogen) atoms. The lowest BCUT2D eigenvalue weighted by atomic mass is 10.1. The second kappa shape index (κ2) is 8.98. The summed E-state index contributed by atoms with van der Waals surface area (Å²) in [5.41, 5.74) is 2.77. The standard InChI is InChI=1S/C18H25N5O/c1-14-5-7-15(8-6-14)12-20-17-11-16(21-13-22-17)18(24)19-9-4-10-23(2)3/h5-8,11,13H,4,9-10,12H2,1-3H3,(H,19,24)(H,20,21,22). The molecule has 2 aromatic rings. The first-order valence-corrected chi connectivity index (χ1v) is 8.09. The molecule has 0 aliphatic carbocycles. The van der Waals surface area contributed by atoms with Crippen molar-refractivity contribution in [1.82, 2.24) is 20.2 Å². The number of benzene rings is 1. The van der Waals surface area contributed by atoms with Crippen LogP contribution < -0.4 is 10.6 Å². The lowest BCUT2D eigenvalue weighted by Gasteiger charge is -2.10. The minimum Gasteiger partial charge on any atom is -0.366 e. The Hall–Kier alpha value is -2.47. The molecule has 0 aliphatic rings. The van der Waals surface area contributed by atoms with Gasteiger partial charge in [-0.1, -0.05) is 29.8 Å². The molecule has 0 aliphatic heterocycles. The monoisotopic (exact) mass is 327 g/mol. The molecule has 128 valence electrons. The number of hydrogen-bond acceptors (Lipinski definition) is 5. The van der Waals surface area contributed by atoms with Crippen LogP contribution in [0.5, 0.6) is 0 Å². The average Bonchev–Trinajstić information content (AvgIpc) is 2.58. The van der Waals surface area contributed by atoms with Crippen molar-refractivity contribution in [3.05, 3.63) is 53.5 Å². The average molecular weight is 327 g/mol. The molecule has 1 aromatic carbocycles. The topological polar surface area (TPSA) is 70.2 Å². The number of aryl methyl sites for hydroxylation is 1. The van der Waals surface area contributed by atoms with Gasteiger partial charge >= 0.3 is 0 Å². The molecule has 1 heterocycles. The van der Waals surface area contributed by atoms with Crippen molar-refractivity contribution < 1.29 is 4.79 Å². The fourth-order valence-electron chi connectivity index (χ4n) is 2.16. The molecular weight excluding hydrogens is 302 g/mol. The zero-order chi connectivity index (χ0) is 17.4. The maximum atomic E-state index is 12.1. The Bertz CT molecular complexity index is 655. The molecule has 0 saturated carbocycles. The zero-order valence-electron chi connectivity index (χ0n) is 14.5. The maximum absolute atomic E-state index is 12.1. The minimum absolute atomic E-state index is 0.172. The SMILES string of the molecule is Cc1ccc(CNc2cc(C(=O)NCCCN(C)C)ncn2)cc1. The first kappa shape index (κ1) is 17.9. The third-order valence-electron chi connectivity index (χ3n) is 3.56. The van der Waals surface area contributed by atoms with Gasteiger partial charge in [-0.25, -0.2) is 9.97 Å². The van der Waals surface area contributed by atoms with Crippen LogP contribution in [0.2, 0.25) is 0 Å². The number of nitrogens with one attached hydrogen (secondary N) is 2. The van der Waals surface area contributed by atoms with Gasteiger partial charge in [-0.05, 0) is 39.5 Å². The summed E-state index contributed by atoms with van der Waals surface area (Å²) >= 11 is 0. The minimum atomic E-state index is -0.172. The first-order valence-electron chi connectivity index (χ1n) is 8.09. The van der Waals surface area contributed by atoms with Crippen molar-refractivity contribution in [3.63, 3.8) is 0 Å². The first-order chi connectivity index (χ1) is 11.5. The number of amides is 1. The molecule has 0 saturated heterocycles. The van der Waals surface area contributed by atoms with E-state index in [9.17, 15) is 4.79 Å². The van der Waals surface area contributed by atoms with E-state index in [0.717, 1.165) is 18.5 Å². The molecule has 0 bridgehead atoms. The summed E-state index contributed by atoms with van der Waals surface area (Å²) in [6.45, 7) is 4.28. The summed E-state index contributed by atoms with van der Waals surface area (Å²) in [4.78, 5) is 22.4. The van der Waals surface area contributed by atoms with Gasteiger partial charge in [0.2, 0.25) is 0 Å². The number of hydrogen-bond donors (Lipinski definition) is 2. The second-order valence-corrected chi connectivity index (χ2v) is 6.04. The summed E-state index contributed by atoms with van der Waals surface area (Å²) in [5, 5.41) is 6.10. The Morgan fingerprint density at radius 1 is 1.17 bits per heavy atom. The zero-order valence-corrected chi connectivity index (χ0v) is 14.5. The van der Waals surface area contributed by atoms with Crippen molar-refractivity contribution in [2.45, 2.75) is 19.9 Å². The molecule has 6 heteroatoms. The van der Waals surface area contributed by atoms with Crippen LogP contribution >= 0.6 is 0 Å². The predicted octanol–water partition coefficient (Wildman–Crippen LogP) is 2.08. The molecule has 6 nitrogen and oxygen atoms in total. The molecule has 1 amide bonds. The van der Waals surface area contributed by atoms with Crippen LogP contribution in [0.1, 0.15) is 28.0 Å². The lowest BCUT2D eigenvalue weighted by molar-refractivity contribution is 0.0947. The Kier molecular flexibility index (Phi) is 6.69. The fraction of sp³-hybridized carbons (Fsp3) is 0.389. The van der Waals surface area contributed by atoms with Gasteiger partial charge in [0.15, 0.2) is 0 Å². The Balaban J connectivity index is 1.86. The Labute approximate surface area is 143 Å². The van der Waals surface area contributed by atoms with E-state index in [1.165, 1.54) is 11.9 Å². The summed E-state index contributed by atoms with van der Waals surface area (Å²) in [7, 11) is 4.02. The van der Waals surface area contributed by atoms with E-state index in [-0.39, 0.29) is 5.91 Å². The van der Waals surface area contributed by atoms with Crippen LogP contribution in [0, 0.1) is 6.92 Å². The van der Waals surface area contributed by atoms with Gasteiger partial charge in [0.1, 0.15) is 17.8 Å².